The first-order valence-electron chi connectivity index (χ1n) is 6.77. The molecule has 0 unspecified atom stereocenters. The van der Waals surface area contributed by atoms with Gasteiger partial charge in [-0.15, -0.1) is 0 Å². The molecular weight excluding hydrogens is 266 g/mol. The van der Waals surface area contributed by atoms with Crippen LogP contribution in [0.5, 0.6) is 5.88 Å². The summed E-state index contributed by atoms with van der Waals surface area (Å²) in [5.41, 5.74) is 1.93. The van der Waals surface area contributed by atoms with Gasteiger partial charge in [-0.2, -0.15) is 5.10 Å². The Morgan fingerprint density at radius 1 is 1.19 bits per heavy atom. The molecule has 0 aliphatic carbocycles. The average molecular weight is 283 g/mol. The third kappa shape index (κ3) is 2.52. The Morgan fingerprint density at radius 2 is 2.05 bits per heavy atom. The van der Waals surface area contributed by atoms with Crippen molar-refractivity contribution in [3.8, 4) is 23.0 Å². The quantitative estimate of drug-likeness (QED) is 0.738. The Hall–Kier alpha value is -2.63. The van der Waals surface area contributed by atoms with Gasteiger partial charge in [-0.1, -0.05) is 0 Å². The maximum Gasteiger partial charge on any atom is 0.213 e. The molecule has 0 aromatic carbocycles. The van der Waals surface area contributed by atoms with E-state index < -0.39 is 0 Å². The zero-order valence-corrected chi connectivity index (χ0v) is 12.3. The van der Waals surface area contributed by atoms with Crippen molar-refractivity contribution in [1.29, 1.82) is 0 Å². The van der Waals surface area contributed by atoms with E-state index in [0.29, 0.717) is 11.9 Å². The van der Waals surface area contributed by atoms with Crippen LogP contribution in [-0.4, -0.2) is 31.4 Å². The first-order chi connectivity index (χ1) is 10.2. The van der Waals surface area contributed by atoms with Gasteiger partial charge in [-0.25, -0.2) is 9.97 Å². The highest BCUT2D eigenvalue weighted by Crippen LogP contribution is 2.23. The topological polar surface area (TPSA) is 57.8 Å². The fourth-order valence-electron chi connectivity index (χ4n) is 2.12. The SMILES string of the molecule is COc1cc(-c2nccn2-c2cnn(C(C)C)c2)ccn1. The Balaban J connectivity index is 2.03. The van der Waals surface area contributed by atoms with Gasteiger partial charge in [0, 0.05) is 42.5 Å². The number of hydrogen-bond acceptors (Lipinski definition) is 4. The van der Waals surface area contributed by atoms with E-state index in [4.69, 9.17) is 4.74 Å². The van der Waals surface area contributed by atoms with Gasteiger partial charge in [0.2, 0.25) is 5.88 Å². The van der Waals surface area contributed by atoms with Crippen molar-refractivity contribution in [1.82, 2.24) is 24.3 Å². The van der Waals surface area contributed by atoms with Gasteiger partial charge in [-0.3, -0.25) is 9.25 Å². The van der Waals surface area contributed by atoms with Crippen molar-refractivity contribution in [2.75, 3.05) is 7.11 Å². The van der Waals surface area contributed by atoms with Crippen LogP contribution in [0.15, 0.2) is 43.1 Å². The second-order valence-electron chi connectivity index (χ2n) is 4.98. The number of pyridine rings is 1. The van der Waals surface area contributed by atoms with Crippen LogP contribution >= 0.6 is 0 Å². The number of hydrogen-bond donors (Lipinski definition) is 0. The normalized spacial score (nSPS) is 11.0. The molecule has 3 aromatic rings. The van der Waals surface area contributed by atoms with Gasteiger partial charge in [0.15, 0.2) is 0 Å². The van der Waals surface area contributed by atoms with Crippen molar-refractivity contribution in [3.63, 3.8) is 0 Å². The van der Waals surface area contributed by atoms with Crippen LogP contribution in [0.25, 0.3) is 17.1 Å². The maximum absolute atomic E-state index is 5.17. The van der Waals surface area contributed by atoms with E-state index in [-0.39, 0.29) is 0 Å². The Bertz CT molecular complexity index is 744. The van der Waals surface area contributed by atoms with Gasteiger partial charge in [0.05, 0.1) is 19.0 Å². The van der Waals surface area contributed by atoms with Crippen molar-refractivity contribution in [2.45, 2.75) is 19.9 Å². The molecule has 0 N–H and O–H groups in total. The molecule has 0 aliphatic rings. The molecule has 6 heteroatoms. The zero-order chi connectivity index (χ0) is 14.8. The van der Waals surface area contributed by atoms with Gasteiger partial charge in [0.1, 0.15) is 5.82 Å². The molecule has 0 fully saturated rings. The maximum atomic E-state index is 5.17. The van der Waals surface area contributed by atoms with Crippen LogP contribution in [0.2, 0.25) is 0 Å². The highest BCUT2D eigenvalue weighted by molar-refractivity contribution is 5.59. The van der Waals surface area contributed by atoms with Crippen LogP contribution in [-0.2, 0) is 0 Å². The summed E-state index contributed by atoms with van der Waals surface area (Å²) in [5, 5.41) is 4.37. The summed E-state index contributed by atoms with van der Waals surface area (Å²) in [7, 11) is 1.60. The number of methoxy groups -OCH3 is 1. The second-order valence-corrected chi connectivity index (χ2v) is 4.98. The lowest BCUT2D eigenvalue weighted by molar-refractivity contribution is 0.398. The first-order valence-corrected chi connectivity index (χ1v) is 6.77. The summed E-state index contributed by atoms with van der Waals surface area (Å²) >= 11 is 0. The van der Waals surface area contributed by atoms with Crippen LogP contribution < -0.4 is 4.74 Å². The minimum atomic E-state index is 0.326. The average Bonchev–Trinajstić information content (AvgIpc) is 3.15. The lowest BCUT2D eigenvalue weighted by atomic mass is 10.2. The van der Waals surface area contributed by atoms with Gasteiger partial charge in [0.25, 0.3) is 0 Å². The first kappa shape index (κ1) is 13.4. The fraction of sp³-hybridized carbons (Fsp3) is 0.267. The zero-order valence-electron chi connectivity index (χ0n) is 12.3. The molecule has 0 saturated heterocycles. The van der Waals surface area contributed by atoms with Crippen LogP contribution in [0.3, 0.4) is 0 Å². The molecule has 21 heavy (non-hydrogen) atoms. The lowest BCUT2D eigenvalue weighted by Gasteiger charge is -2.07. The molecule has 108 valence electrons. The summed E-state index contributed by atoms with van der Waals surface area (Å²) in [5.74, 6) is 1.40. The monoisotopic (exact) mass is 283 g/mol. The Morgan fingerprint density at radius 3 is 2.76 bits per heavy atom. The number of rotatable bonds is 4. The molecule has 0 saturated carbocycles. The van der Waals surface area contributed by atoms with Gasteiger partial charge in [-0.05, 0) is 19.9 Å². The van der Waals surface area contributed by atoms with E-state index in [1.807, 2.05) is 40.0 Å². The Kier molecular flexibility index (Phi) is 3.43. The van der Waals surface area contributed by atoms with E-state index in [1.165, 1.54) is 0 Å². The predicted molar refractivity (Wildman–Crippen MR) is 79.5 cm³/mol. The smallest absolute Gasteiger partial charge is 0.213 e. The van der Waals surface area contributed by atoms with Crippen LogP contribution in [0.1, 0.15) is 19.9 Å². The molecule has 0 aliphatic heterocycles. The molecule has 3 heterocycles. The summed E-state index contributed by atoms with van der Waals surface area (Å²) in [6.07, 6.45) is 9.25. The number of ether oxygens (including phenoxy) is 1. The van der Waals surface area contributed by atoms with Crippen molar-refractivity contribution in [3.05, 3.63) is 43.1 Å². The molecule has 6 nitrogen and oxygen atoms in total. The highest BCUT2D eigenvalue weighted by Gasteiger charge is 2.11. The molecule has 0 atom stereocenters. The minimum Gasteiger partial charge on any atom is -0.481 e. The minimum absolute atomic E-state index is 0.326. The van der Waals surface area contributed by atoms with E-state index >= 15 is 0 Å². The van der Waals surface area contributed by atoms with E-state index in [0.717, 1.165) is 17.1 Å². The lowest BCUT2D eigenvalue weighted by Crippen LogP contribution is -2.00. The molecule has 0 amide bonds. The molecule has 0 radical (unpaired) electrons. The van der Waals surface area contributed by atoms with Crippen molar-refractivity contribution < 1.29 is 4.74 Å². The number of nitrogens with zero attached hydrogens (tertiary/aromatic N) is 5. The molecule has 3 rings (SSSR count). The third-order valence-electron chi connectivity index (χ3n) is 3.24. The fourth-order valence-corrected chi connectivity index (χ4v) is 2.12. The van der Waals surface area contributed by atoms with Crippen LogP contribution in [0, 0.1) is 0 Å². The molecular formula is C15H17N5O. The Labute approximate surface area is 123 Å². The standard InChI is InChI=1S/C15H17N5O/c1-11(2)20-10-13(9-18-20)19-7-6-17-15(19)12-4-5-16-14(8-12)21-3/h4-11H,1-3H3. The highest BCUT2D eigenvalue weighted by atomic mass is 16.5. The molecule has 0 spiro atoms. The molecule has 3 aromatic heterocycles. The van der Waals surface area contributed by atoms with Gasteiger partial charge < -0.3 is 4.74 Å². The third-order valence-corrected chi connectivity index (χ3v) is 3.24. The number of aromatic nitrogens is 5. The number of imidazole rings is 1. The van der Waals surface area contributed by atoms with E-state index in [9.17, 15) is 0 Å². The second kappa shape index (κ2) is 5.40. The van der Waals surface area contributed by atoms with E-state index in [2.05, 4.69) is 28.9 Å². The largest absolute Gasteiger partial charge is 0.481 e. The van der Waals surface area contributed by atoms with Crippen molar-refractivity contribution in [2.24, 2.45) is 0 Å². The summed E-state index contributed by atoms with van der Waals surface area (Å²) in [6, 6.07) is 4.10. The molecule has 0 bridgehead atoms. The van der Waals surface area contributed by atoms with Crippen molar-refractivity contribution >= 4 is 0 Å². The predicted octanol–water partition coefficient (Wildman–Crippen LogP) is 2.72. The summed E-state index contributed by atoms with van der Waals surface area (Å²) in [4.78, 5) is 8.56. The summed E-state index contributed by atoms with van der Waals surface area (Å²) < 4.78 is 9.09. The van der Waals surface area contributed by atoms with Crippen LogP contribution in [0.4, 0.5) is 0 Å². The summed E-state index contributed by atoms with van der Waals surface area (Å²) in [6.45, 7) is 4.19. The van der Waals surface area contributed by atoms with Gasteiger partial charge >= 0.3 is 0 Å². The van der Waals surface area contributed by atoms with E-state index in [1.54, 1.807) is 19.5 Å².